The molecule has 0 heterocycles. The number of benzene rings is 2. The second kappa shape index (κ2) is 8.31. The van der Waals surface area contributed by atoms with Gasteiger partial charge in [0.25, 0.3) is 0 Å². The van der Waals surface area contributed by atoms with Crippen molar-refractivity contribution in [2.75, 3.05) is 13.7 Å². The van der Waals surface area contributed by atoms with Gasteiger partial charge in [-0.15, -0.1) is 0 Å². The lowest BCUT2D eigenvalue weighted by atomic mass is 10.0. The Morgan fingerprint density at radius 2 is 1.92 bits per heavy atom. The van der Waals surface area contributed by atoms with Gasteiger partial charge in [-0.25, -0.2) is 0 Å². The van der Waals surface area contributed by atoms with Crippen LogP contribution >= 0.6 is 0 Å². The molecule has 2 aromatic carbocycles. The minimum absolute atomic E-state index is 0.124. The van der Waals surface area contributed by atoms with Gasteiger partial charge in [0, 0.05) is 13.0 Å². The molecule has 2 aromatic rings. The zero-order valence-corrected chi connectivity index (χ0v) is 13.6. The largest absolute Gasteiger partial charge is 0.497 e. The topological polar surface area (TPSA) is 102 Å². The Morgan fingerprint density at radius 1 is 1.21 bits per heavy atom. The van der Waals surface area contributed by atoms with E-state index in [9.17, 15) is 9.59 Å². The molecule has 6 nitrogen and oxygen atoms in total. The molecule has 0 fully saturated rings. The minimum Gasteiger partial charge on any atom is -0.497 e. The van der Waals surface area contributed by atoms with Crippen molar-refractivity contribution in [3.8, 4) is 5.75 Å². The zero-order valence-electron chi connectivity index (χ0n) is 13.6. The normalized spacial score (nSPS) is 11.9. The fourth-order valence-corrected chi connectivity index (χ4v) is 2.49. The molecule has 4 N–H and O–H groups in total. The molecule has 0 saturated heterocycles. The van der Waals surface area contributed by atoms with Gasteiger partial charge < -0.3 is 20.9 Å². The molecule has 128 valence electrons. The molecule has 0 aliphatic carbocycles. The predicted molar refractivity (Wildman–Crippen MR) is 91.6 cm³/mol. The predicted octanol–water partition coefficient (Wildman–Crippen LogP) is 1.13. The Hall–Kier alpha value is -2.60. The van der Waals surface area contributed by atoms with E-state index >= 15 is 0 Å². The molecule has 0 saturated carbocycles. The Morgan fingerprint density at radius 3 is 2.58 bits per heavy atom. The SMILES string of the molecule is COc1ccc2cc(CCC(=O)N[C@@H](CCO)C(N)=O)ccc2c1. The van der Waals surface area contributed by atoms with Crippen molar-refractivity contribution >= 4 is 22.6 Å². The summed E-state index contributed by atoms with van der Waals surface area (Å²) in [6.07, 6.45) is 0.925. The lowest BCUT2D eigenvalue weighted by molar-refractivity contribution is -0.127. The van der Waals surface area contributed by atoms with Crippen molar-refractivity contribution in [2.24, 2.45) is 5.73 Å². The molecule has 0 aromatic heterocycles. The van der Waals surface area contributed by atoms with Crippen molar-refractivity contribution in [3.63, 3.8) is 0 Å². The molecule has 0 unspecified atom stereocenters. The number of amides is 2. The number of aliphatic hydroxyl groups excluding tert-OH is 1. The molecule has 0 spiro atoms. The van der Waals surface area contributed by atoms with Crippen molar-refractivity contribution in [2.45, 2.75) is 25.3 Å². The van der Waals surface area contributed by atoms with E-state index in [1.54, 1.807) is 7.11 Å². The summed E-state index contributed by atoms with van der Waals surface area (Å²) in [5.74, 6) is -0.102. The smallest absolute Gasteiger partial charge is 0.240 e. The lowest BCUT2D eigenvalue weighted by Gasteiger charge is -2.14. The summed E-state index contributed by atoms with van der Waals surface area (Å²) >= 11 is 0. The second-order valence-electron chi connectivity index (χ2n) is 5.58. The van der Waals surface area contributed by atoms with Gasteiger partial charge in [0.2, 0.25) is 11.8 Å². The van der Waals surface area contributed by atoms with E-state index in [4.69, 9.17) is 15.6 Å². The van der Waals surface area contributed by atoms with E-state index in [-0.39, 0.29) is 25.4 Å². The van der Waals surface area contributed by atoms with Crippen LogP contribution in [-0.2, 0) is 16.0 Å². The van der Waals surface area contributed by atoms with Gasteiger partial charge in [-0.05, 0) is 41.3 Å². The van der Waals surface area contributed by atoms with Gasteiger partial charge in [-0.1, -0.05) is 24.3 Å². The third-order valence-electron chi connectivity index (χ3n) is 3.85. The molecule has 0 aliphatic heterocycles. The van der Waals surface area contributed by atoms with E-state index in [2.05, 4.69) is 5.32 Å². The van der Waals surface area contributed by atoms with Crippen LogP contribution in [0.15, 0.2) is 36.4 Å². The molecule has 1 atom stereocenters. The summed E-state index contributed by atoms with van der Waals surface area (Å²) in [5, 5.41) is 13.6. The van der Waals surface area contributed by atoms with Gasteiger partial charge in [-0.2, -0.15) is 0 Å². The van der Waals surface area contributed by atoms with Gasteiger partial charge in [0.05, 0.1) is 7.11 Å². The summed E-state index contributed by atoms with van der Waals surface area (Å²) in [5.41, 5.74) is 6.22. The average molecular weight is 330 g/mol. The minimum atomic E-state index is -0.827. The van der Waals surface area contributed by atoms with Crippen molar-refractivity contribution in [1.82, 2.24) is 5.32 Å². The number of hydrogen-bond acceptors (Lipinski definition) is 4. The molecule has 24 heavy (non-hydrogen) atoms. The number of rotatable bonds is 8. The first kappa shape index (κ1) is 17.7. The first-order valence-corrected chi connectivity index (χ1v) is 7.79. The molecule has 0 bridgehead atoms. The van der Waals surface area contributed by atoms with Crippen LogP contribution in [0.1, 0.15) is 18.4 Å². The lowest BCUT2D eigenvalue weighted by Crippen LogP contribution is -2.45. The highest BCUT2D eigenvalue weighted by molar-refractivity contribution is 5.87. The van der Waals surface area contributed by atoms with Crippen LogP contribution in [0.3, 0.4) is 0 Å². The fraction of sp³-hybridized carbons (Fsp3) is 0.333. The van der Waals surface area contributed by atoms with Crippen LogP contribution in [-0.4, -0.2) is 36.7 Å². The molecule has 6 heteroatoms. The third-order valence-corrected chi connectivity index (χ3v) is 3.85. The molecule has 2 amide bonds. The second-order valence-corrected chi connectivity index (χ2v) is 5.58. The maximum atomic E-state index is 11.9. The number of carbonyl (C=O) groups is 2. The zero-order chi connectivity index (χ0) is 17.5. The van der Waals surface area contributed by atoms with Crippen molar-refractivity contribution in [3.05, 3.63) is 42.0 Å². The van der Waals surface area contributed by atoms with Gasteiger partial charge in [0.1, 0.15) is 11.8 Å². The Kier molecular flexibility index (Phi) is 6.14. The third kappa shape index (κ3) is 4.70. The Labute approximate surface area is 140 Å². The van der Waals surface area contributed by atoms with Crippen LogP contribution in [0.4, 0.5) is 0 Å². The number of aliphatic hydroxyl groups is 1. The van der Waals surface area contributed by atoms with Crippen molar-refractivity contribution in [1.29, 1.82) is 0 Å². The van der Waals surface area contributed by atoms with E-state index < -0.39 is 11.9 Å². The van der Waals surface area contributed by atoms with Crippen LogP contribution in [0, 0.1) is 0 Å². The highest BCUT2D eigenvalue weighted by Crippen LogP contribution is 2.22. The van der Waals surface area contributed by atoms with Crippen LogP contribution < -0.4 is 15.8 Å². The molecule has 0 radical (unpaired) electrons. The maximum Gasteiger partial charge on any atom is 0.240 e. The highest BCUT2D eigenvalue weighted by atomic mass is 16.5. The molecule has 0 aliphatic rings. The number of nitrogens with one attached hydrogen (secondary N) is 1. The van der Waals surface area contributed by atoms with Gasteiger partial charge in [0.15, 0.2) is 0 Å². The number of hydrogen-bond donors (Lipinski definition) is 3. The summed E-state index contributed by atoms with van der Waals surface area (Å²) < 4.78 is 5.20. The van der Waals surface area contributed by atoms with Gasteiger partial charge in [-0.3, -0.25) is 9.59 Å². The van der Waals surface area contributed by atoms with Crippen LogP contribution in [0.25, 0.3) is 10.8 Å². The summed E-state index contributed by atoms with van der Waals surface area (Å²) in [7, 11) is 1.63. The number of primary amides is 1. The first-order chi connectivity index (χ1) is 11.5. The van der Waals surface area contributed by atoms with Crippen LogP contribution in [0.2, 0.25) is 0 Å². The summed E-state index contributed by atoms with van der Waals surface area (Å²) in [6, 6.07) is 11.0. The summed E-state index contributed by atoms with van der Waals surface area (Å²) in [6.45, 7) is -0.206. The van der Waals surface area contributed by atoms with Gasteiger partial charge >= 0.3 is 0 Å². The number of carbonyl (C=O) groups excluding carboxylic acids is 2. The summed E-state index contributed by atoms with van der Waals surface area (Å²) in [4.78, 5) is 23.1. The van der Waals surface area contributed by atoms with E-state index in [1.165, 1.54) is 0 Å². The van der Waals surface area contributed by atoms with E-state index in [0.717, 1.165) is 22.1 Å². The standard InChI is InChI=1S/C18H22N2O4/c1-24-15-6-5-13-10-12(2-4-14(13)11-15)3-7-17(22)20-16(8-9-21)18(19)23/h2,4-6,10-11,16,21H,3,7-9H2,1H3,(H2,19,23)(H,20,22)/t16-/m0/s1. The Balaban J connectivity index is 1.97. The fourth-order valence-electron chi connectivity index (χ4n) is 2.49. The number of fused-ring (bicyclic) bond motifs is 1. The van der Waals surface area contributed by atoms with Crippen molar-refractivity contribution < 1.29 is 19.4 Å². The maximum absolute atomic E-state index is 11.9. The monoisotopic (exact) mass is 330 g/mol. The molecular weight excluding hydrogens is 308 g/mol. The number of nitrogens with two attached hydrogens (primary N) is 1. The molecule has 2 rings (SSSR count). The quantitative estimate of drug-likeness (QED) is 0.675. The van der Waals surface area contributed by atoms with E-state index in [0.29, 0.717) is 6.42 Å². The van der Waals surface area contributed by atoms with Crippen LogP contribution in [0.5, 0.6) is 5.75 Å². The Bertz CT molecular complexity index is 730. The number of aryl methyl sites for hydroxylation is 1. The number of ether oxygens (including phenoxy) is 1. The van der Waals surface area contributed by atoms with E-state index in [1.807, 2.05) is 36.4 Å². The first-order valence-electron chi connectivity index (χ1n) is 7.79. The molecular formula is C18H22N2O4. The number of methoxy groups -OCH3 is 1. The highest BCUT2D eigenvalue weighted by Gasteiger charge is 2.17. The average Bonchev–Trinajstić information content (AvgIpc) is 2.58.